The van der Waals surface area contributed by atoms with E-state index in [1.807, 2.05) is 0 Å². The van der Waals surface area contributed by atoms with Gasteiger partial charge < -0.3 is 9.64 Å². The summed E-state index contributed by atoms with van der Waals surface area (Å²) in [5, 5.41) is 0. The molecule has 1 aromatic rings. The van der Waals surface area contributed by atoms with Crippen molar-refractivity contribution in [3.63, 3.8) is 0 Å². The fourth-order valence-corrected chi connectivity index (χ4v) is 2.58. The molecule has 2 aliphatic heterocycles. The van der Waals surface area contributed by atoms with E-state index in [0.29, 0.717) is 0 Å². The number of pyridine rings is 1. The van der Waals surface area contributed by atoms with Crippen LogP contribution in [0.15, 0.2) is 17.1 Å². The number of morpholine rings is 1. The number of hydrogen-bond acceptors (Lipinski definition) is 4. The van der Waals surface area contributed by atoms with Crippen molar-refractivity contribution in [2.75, 3.05) is 37.7 Å². The number of anilines is 1. The molecule has 3 heterocycles. The number of hydrogen-bond donors (Lipinski definition) is 0. The fourth-order valence-electron chi connectivity index (χ4n) is 2.58. The van der Waals surface area contributed by atoms with E-state index in [1.54, 1.807) is 0 Å². The molecule has 1 aromatic heterocycles. The van der Waals surface area contributed by atoms with Gasteiger partial charge in [0.1, 0.15) is 5.82 Å². The molecule has 0 saturated carbocycles. The Balaban J connectivity index is 1.83. The Labute approximate surface area is 108 Å². The zero-order valence-electron chi connectivity index (χ0n) is 10.9. The van der Waals surface area contributed by atoms with Gasteiger partial charge in [0.05, 0.1) is 13.2 Å². The molecule has 0 radical (unpaired) electrons. The Kier molecular flexibility index (Phi) is 3.28. The van der Waals surface area contributed by atoms with Crippen molar-refractivity contribution in [1.82, 2.24) is 4.98 Å². The lowest BCUT2D eigenvalue weighted by atomic mass is 10.1. The maximum atomic E-state index is 5.37. The number of aromatic nitrogens is 1. The van der Waals surface area contributed by atoms with Crippen molar-refractivity contribution >= 4 is 11.5 Å². The molecule has 0 unspecified atom stereocenters. The monoisotopic (exact) mass is 245 g/mol. The van der Waals surface area contributed by atoms with Gasteiger partial charge in [0, 0.05) is 36.6 Å². The summed E-state index contributed by atoms with van der Waals surface area (Å²) in [4.78, 5) is 11.6. The van der Waals surface area contributed by atoms with Gasteiger partial charge in [-0.25, -0.2) is 4.98 Å². The van der Waals surface area contributed by atoms with E-state index in [2.05, 4.69) is 28.9 Å². The van der Waals surface area contributed by atoms with Crippen LogP contribution in [0.25, 0.3) is 0 Å². The molecule has 18 heavy (non-hydrogen) atoms. The third kappa shape index (κ3) is 2.25. The molecule has 4 nitrogen and oxygen atoms in total. The number of aryl methyl sites for hydroxylation is 1. The van der Waals surface area contributed by atoms with Gasteiger partial charge >= 0.3 is 0 Å². The highest BCUT2D eigenvalue weighted by atomic mass is 16.5. The zero-order valence-corrected chi connectivity index (χ0v) is 10.9. The maximum absolute atomic E-state index is 5.37. The van der Waals surface area contributed by atoms with E-state index in [0.717, 1.165) is 50.8 Å². The van der Waals surface area contributed by atoms with Crippen LogP contribution in [-0.4, -0.2) is 43.5 Å². The molecule has 1 saturated heterocycles. The molecule has 0 aliphatic carbocycles. The summed E-state index contributed by atoms with van der Waals surface area (Å²) in [7, 11) is 0. The molecule has 96 valence electrons. The molecule has 0 bridgehead atoms. The van der Waals surface area contributed by atoms with Gasteiger partial charge in [-0.2, -0.15) is 0 Å². The summed E-state index contributed by atoms with van der Waals surface area (Å²) in [6, 6.07) is 4.30. The predicted molar refractivity (Wildman–Crippen MR) is 72.6 cm³/mol. The quantitative estimate of drug-likeness (QED) is 0.797. The first-order valence-electron chi connectivity index (χ1n) is 6.68. The van der Waals surface area contributed by atoms with E-state index in [1.165, 1.54) is 17.7 Å². The summed E-state index contributed by atoms with van der Waals surface area (Å²) in [6.07, 6.45) is 2.28. The van der Waals surface area contributed by atoms with Crippen molar-refractivity contribution in [2.45, 2.75) is 19.8 Å². The fraction of sp³-hybridized carbons (Fsp3) is 0.571. The van der Waals surface area contributed by atoms with Gasteiger partial charge in [-0.3, -0.25) is 4.99 Å². The molecule has 0 atom stereocenters. The van der Waals surface area contributed by atoms with Crippen molar-refractivity contribution in [2.24, 2.45) is 4.99 Å². The smallest absolute Gasteiger partial charge is 0.128 e. The van der Waals surface area contributed by atoms with Crippen LogP contribution in [0.3, 0.4) is 0 Å². The third-order valence-corrected chi connectivity index (χ3v) is 3.59. The van der Waals surface area contributed by atoms with E-state index >= 15 is 0 Å². The van der Waals surface area contributed by atoms with Crippen LogP contribution in [0.2, 0.25) is 0 Å². The summed E-state index contributed by atoms with van der Waals surface area (Å²) < 4.78 is 5.37. The summed E-state index contributed by atoms with van der Waals surface area (Å²) >= 11 is 0. The highest BCUT2D eigenvalue weighted by Crippen LogP contribution is 2.20. The molecule has 3 rings (SSSR count). The van der Waals surface area contributed by atoms with Crippen molar-refractivity contribution < 1.29 is 4.74 Å². The van der Waals surface area contributed by atoms with Crippen molar-refractivity contribution in [3.8, 4) is 0 Å². The Morgan fingerprint density at radius 1 is 1.22 bits per heavy atom. The van der Waals surface area contributed by atoms with E-state index in [9.17, 15) is 0 Å². The molecule has 0 amide bonds. The largest absolute Gasteiger partial charge is 0.378 e. The first kappa shape index (κ1) is 11.7. The average molecular weight is 245 g/mol. The summed E-state index contributed by atoms with van der Waals surface area (Å²) in [6.45, 7) is 6.53. The first-order valence-corrected chi connectivity index (χ1v) is 6.68. The van der Waals surface area contributed by atoms with Gasteiger partial charge in [0.2, 0.25) is 0 Å². The lowest BCUT2D eigenvalue weighted by Gasteiger charge is -2.28. The second kappa shape index (κ2) is 5.06. The maximum Gasteiger partial charge on any atom is 0.128 e. The summed E-state index contributed by atoms with van der Waals surface area (Å²) in [5.74, 6) is 1.07. The standard InChI is InChI=1S/C14H19N3O/c1-11-12(13-3-2-6-15-13)4-5-14(16-11)17-7-9-18-10-8-17/h4-5H,2-3,6-10H2,1H3. The normalized spacial score (nSPS) is 20.1. The minimum atomic E-state index is 0.801. The highest BCUT2D eigenvalue weighted by Gasteiger charge is 2.16. The Bertz CT molecular complexity index is 464. The Morgan fingerprint density at radius 3 is 2.72 bits per heavy atom. The average Bonchev–Trinajstić information content (AvgIpc) is 2.93. The van der Waals surface area contributed by atoms with Crippen LogP contribution in [-0.2, 0) is 4.74 Å². The lowest BCUT2D eigenvalue weighted by Crippen LogP contribution is -2.36. The van der Waals surface area contributed by atoms with Gasteiger partial charge in [0.15, 0.2) is 0 Å². The molecular weight excluding hydrogens is 226 g/mol. The van der Waals surface area contributed by atoms with Gasteiger partial charge in [-0.05, 0) is 31.9 Å². The van der Waals surface area contributed by atoms with Crippen LogP contribution in [0, 0.1) is 6.92 Å². The minimum absolute atomic E-state index is 0.801. The van der Waals surface area contributed by atoms with Gasteiger partial charge in [-0.15, -0.1) is 0 Å². The SMILES string of the molecule is Cc1nc(N2CCOCC2)ccc1C1=NCCC1. The topological polar surface area (TPSA) is 37.7 Å². The number of nitrogens with zero attached hydrogens (tertiary/aromatic N) is 3. The number of rotatable bonds is 2. The zero-order chi connectivity index (χ0) is 12.4. The molecule has 4 heteroatoms. The van der Waals surface area contributed by atoms with Gasteiger partial charge in [-0.1, -0.05) is 0 Å². The van der Waals surface area contributed by atoms with Gasteiger partial charge in [0.25, 0.3) is 0 Å². The van der Waals surface area contributed by atoms with Crippen LogP contribution in [0.1, 0.15) is 24.1 Å². The van der Waals surface area contributed by atoms with Crippen LogP contribution < -0.4 is 4.90 Å². The molecular formula is C14H19N3O. The second-order valence-corrected chi connectivity index (χ2v) is 4.83. The van der Waals surface area contributed by atoms with Crippen LogP contribution in [0.4, 0.5) is 5.82 Å². The Morgan fingerprint density at radius 2 is 2.06 bits per heavy atom. The van der Waals surface area contributed by atoms with E-state index in [-0.39, 0.29) is 0 Å². The number of aliphatic imine (C=N–C) groups is 1. The molecule has 1 fully saturated rings. The van der Waals surface area contributed by atoms with E-state index < -0.39 is 0 Å². The first-order chi connectivity index (χ1) is 8.84. The van der Waals surface area contributed by atoms with E-state index in [4.69, 9.17) is 9.72 Å². The van der Waals surface area contributed by atoms with Crippen molar-refractivity contribution in [3.05, 3.63) is 23.4 Å². The molecule has 0 N–H and O–H groups in total. The highest BCUT2D eigenvalue weighted by molar-refractivity contribution is 6.02. The predicted octanol–water partition coefficient (Wildman–Crippen LogP) is 1.81. The Hall–Kier alpha value is -1.42. The minimum Gasteiger partial charge on any atom is -0.378 e. The van der Waals surface area contributed by atoms with Crippen LogP contribution in [0.5, 0.6) is 0 Å². The third-order valence-electron chi connectivity index (χ3n) is 3.59. The number of ether oxygens (including phenoxy) is 1. The second-order valence-electron chi connectivity index (χ2n) is 4.83. The molecule has 2 aliphatic rings. The van der Waals surface area contributed by atoms with Crippen molar-refractivity contribution in [1.29, 1.82) is 0 Å². The summed E-state index contributed by atoms with van der Waals surface area (Å²) in [5.41, 5.74) is 3.55. The van der Waals surface area contributed by atoms with Crippen LogP contribution >= 0.6 is 0 Å². The molecule has 0 spiro atoms. The lowest BCUT2D eigenvalue weighted by molar-refractivity contribution is 0.122. The molecule has 0 aromatic carbocycles.